The van der Waals surface area contributed by atoms with Crippen LogP contribution in [0.25, 0.3) is 22.5 Å². The number of H-pyrrole nitrogens is 1. The van der Waals surface area contributed by atoms with Crippen molar-refractivity contribution < 1.29 is 4.79 Å². The number of aromatic nitrogens is 6. The summed E-state index contributed by atoms with van der Waals surface area (Å²) in [4.78, 5) is 29.9. The van der Waals surface area contributed by atoms with Crippen LogP contribution in [0, 0.1) is 0 Å². The second-order valence-corrected chi connectivity index (χ2v) is 8.71. The van der Waals surface area contributed by atoms with E-state index >= 15 is 0 Å². The predicted octanol–water partition coefficient (Wildman–Crippen LogP) is 3.93. The first-order valence-electron chi connectivity index (χ1n) is 12.0. The number of carbonyl (C=O) groups is 1. The first kappa shape index (κ1) is 22.6. The summed E-state index contributed by atoms with van der Waals surface area (Å²) in [5.74, 6) is 0.732. The average molecular weight is 470 g/mol. The van der Waals surface area contributed by atoms with Crippen LogP contribution in [0.1, 0.15) is 56.0 Å². The molecule has 3 heterocycles. The number of nitrogens with one attached hydrogen (secondary N) is 2. The van der Waals surface area contributed by atoms with E-state index in [9.17, 15) is 9.59 Å². The van der Waals surface area contributed by atoms with E-state index < -0.39 is 0 Å². The largest absolute Gasteiger partial charge is 0.303 e. The molecule has 2 N–H and O–H groups in total. The van der Waals surface area contributed by atoms with Gasteiger partial charge in [0.15, 0.2) is 0 Å². The highest BCUT2D eigenvalue weighted by atomic mass is 16.2. The molecule has 1 unspecified atom stereocenters. The highest BCUT2D eigenvalue weighted by Gasteiger charge is 2.33. The van der Waals surface area contributed by atoms with Crippen LogP contribution in [-0.2, 0) is 17.6 Å². The molecule has 9 nitrogen and oxygen atoms in total. The number of carbonyl (C=O) groups excluding carboxylic acids is 1. The molecule has 1 aliphatic heterocycles. The molecule has 0 fully saturated rings. The Morgan fingerprint density at radius 1 is 1.03 bits per heavy atom. The van der Waals surface area contributed by atoms with Crippen molar-refractivity contribution in [3.8, 4) is 22.5 Å². The normalized spacial score (nSPS) is 14.7. The van der Waals surface area contributed by atoms with E-state index in [-0.39, 0.29) is 17.5 Å². The molecule has 0 radical (unpaired) electrons. The minimum absolute atomic E-state index is 0.110. The van der Waals surface area contributed by atoms with Gasteiger partial charge in [-0.05, 0) is 47.2 Å². The number of hydrogen-bond acceptors (Lipinski definition) is 6. The fourth-order valence-electron chi connectivity index (χ4n) is 4.75. The van der Waals surface area contributed by atoms with Gasteiger partial charge in [0.05, 0.1) is 0 Å². The summed E-state index contributed by atoms with van der Waals surface area (Å²) in [6.45, 7) is 4.09. The van der Waals surface area contributed by atoms with Crippen LogP contribution in [0.15, 0.2) is 53.3 Å². The number of nitrogens with zero attached hydrogens (tertiary/aromatic N) is 5. The van der Waals surface area contributed by atoms with E-state index in [0.717, 1.165) is 40.8 Å². The molecule has 0 bridgehead atoms. The predicted molar refractivity (Wildman–Crippen MR) is 133 cm³/mol. The quantitative estimate of drug-likeness (QED) is 0.404. The van der Waals surface area contributed by atoms with Crippen LogP contribution < -0.4 is 10.9 Å². The first-order valence-corrected chi connectivity index (χ1v) is 12.0. The standard InChI is InChI=1S/C26H27N7O2/c1-3-5-11-22-20(24(34)27-26-28-25(35)21(4-2)33(22)26)15-16-12-13-18(17-9-7-6-8-10-17)19(14-16)23-29-31-32-30-23/h6-10,12-14,21H,3-5,11,15H2,1-2H3,(H,27,28,34,35)(H,29,30,31,32). The van der Waals surface area contributed by atoms with Crippen molar-refractivity contribution in [3.63, 3.8) is 0 Å². The maximum Gasteiger partial charge on any atom is 0.278 e. The molecule has 35 heavy (non-hydrogen) atoms. The lowest BCUT2D eigenvalue weighted by Crippen LogP contribution is -2.24. The molecule has 0 spiro atoms. The van der Waals surface area contributed by atoms with Crippen molar-refractivity contribution >= 4 is 11.9 Å². The lowest BCUT2D eigenvalue weighted by Gasteiger charge is -2.19. The molecule has 0 saturated heterocycles. The van der Waals surface area contributed by atoms with Crippen molar-refractivity contribution in [2.45, 2.75) is 52.0 Å². The Kier molecular flexibility index (Phi) is 6.22. The fraction of sp³-hybridized carbons (Fsp3) is 0.308. The van der Waals surface area contributed by atoms with Gasteiger partial charge in [0.25, 0.3) is 5.56 Å². The van der Waals surface area contributed by atoms with Crippen LogP contribution in [0.2, 0.25) is 0 Å². The topological polar surface area (TPSA) is 118 Å². The molecule has 0 saturated carbocycles. The average Bonchev–Trinajstić information content (AvgIpc) is 3.52. The maximum atomic E-state index is 13.2. The Balaban J connectivity index is 1.61. The summed E-state index contributed by atoms with van der Waals surface area (Å²) in [5, 5.41) is 17.5. The number of unbranched alkanes of at least 4 members (excludes halogenated alkanes) is 1. The second-order valence-electron chi connectivity index (χ2n) is 8.71. The second kappa shape index (κ2) is 9.61. The Hall–Kier alpha value is -4.14. The van der Waals surface area contributed by atoms with Crippen molar-refractivity contribution in [2.24, 2.45) is 0 Å². The Labute approximate surface area is 202 Å². The van der Waals surface area contributed by atoms with Gasteiger partial charge in [-0.25, -0.2) is 0 Å². The number of amides is 1. The maximum absolute atomic E-state index is 13.2. The van der Waals surface area contributed by atoms with Gasteiger partial charge in [-0.1, -0.05) is 62.7 Å². The van der Waals surface area contributed by atoms with Crippen molar-refractivity contribution in [1.82, 2.24) is 30.2 Å². The molecule has 1 amide bonds. The highest BCUT2D eigenvalue weighted by molar-refractivity contribution is 5.96. The summed E-state index contributed by atoms with van der Waals surface area (Å²) in [6, 6.07) is 15.7. The minimum atomic E-state index is -0.348. The Bertz CT molecular complexity index is 1410. The number of fused-ring (bicyclic) bond motifs is 1. The number of rotatable bonds is 8. The molecule has 1 aliphatic rings. The van der Waals surface area contributed by atoms with Crippen LogP contribution in [0.4, 0.5) is 5.95 Å². The smallest absolute Gasteiger partial charge is 0.278 e. The lowest BCUT2D eigenvalue weighted by molar-refractivity contribution is -0.118. The van der Waals surface area contributed by atoms with Gasteiger partial charge in [0, 0.05) is 23.2 Å². The van der Waals surface area contributed by atoms with Gasteiger partial charge in [0.1, 0.15) is 6.04 Å². The minimum Gasteiger partial charge on any atom is -0.303 e. The molecular formula is C26H27N7O2. The van der Waals surface area contributed by atoms with Gasteiger partial charge < -0.3 is 4.57 Å². The van der Waals surface area contributed by atoms with E-state index in [4.69, 9.17) is 0 Å². The molecule has 2 aromatic heterocycles. The van der Waals surface area contributed by atoms with Gasteiger partial charge in [-0.2, -0.15) is 10.2 Å². The highest BCUT2D eigenvalue weighted by Crippen LogP contribution is 2.33. The van der Waals surface area contributed by atoms with Crippen LogP contribution in [0.3, 0.4) is 0 Å². The summed E-state index contributed by atoms with van der Waals surface area (Å²) in [5.41, 5.74) is 5.00. The van der Waals surface area contributed by atoms with E-state index in [2.05, 4.69) is 37.8 Å². The van der Waals surface area contributed by atoms with Crippen molar-refractivity contribution in [1.29, 1.82) is 0 Å². The fourth-order valence-corrected chi connectivity index (χ4v) is 4.75. The first-order chi connectivity index (χ1) is 17.1. The summed E-state index contributed by atoms with van der Waals surface area (Å²) >= 11 is 0. The third-order valence-electron chi connectivity index (χ3n) is 6.47. The SMILES string of the molecule is CCCCc1c(Cc2ccc(-c3ccccc3)c(-c3nn[nH]n3)c2)c(=O)nc2n1C(CC)C(=O)N2. The lowest BCUT2D eigenvalue weighted by atomic mass is 9.94. The Morgan fingerprint density at radius 2 is 1.86 bits per heavy atom. The van der Waals surface area contributed by atoms with Gasteiger partial charge in [0.2, 0.25) is 17.7 Å². The van der Waals surface area contributed by atoms with Crippen molar-refractivity contribution in [2.75, 3.05) is 5.32 Å². The number of benzene rings is 2. The molecule has 2 aromatic carbocycles. The van der Waals surface area contributed by atoms with E-state index in [0.29, 0.717) is 36.6 Å². The monoisotopic (exact) mass is 469 g/mol. The molecule has 4 aromatic rings. The van der Waals surface area contributed by atoms with Gasteiger partial charge in [-0.15, -0.1) is 10.2 Å². The summed E-state index contributed by atoms with van der Waals surface area (Å²) < 4.78 is 1.94. The molecule has 1 atom stereocenters. The molecule has 178 valence electrons. The third-order valence-corrected chi connectivity index (χ3v) is 6.47. The van der Waals surface area contributed by atoms with E-state index in [1.807, 2.05) is 60.0 Å². The zero-order valence-corrected chi connectivity index (χ0v) is 19.8. The zero-order valence-electron chi connectivity index (χ0n) is 19.8. The third kappa shape index (κ3) is 4.25. The van der Waals surface area contributed by atoms with Gasteiger partial charge >= 0.3 is 0 Å². The molecule has 0 aliphatic carbocycles. The number of anilines is 1. The number of hydrogen-bond donors (Lipinski definition) is 2. The molecule has 9 heteroatoms. The van der Waals surface area contributed by atoms with Crippen LogP contribution in [0.5, 0.6) is 0 Å². The zero-order chi connectivity index (χ0) is 24.4. The van der Waals surface area contributed by atoms with Crippen LogP contribution >= 0.6 is 0 Å². The van der Waals surface area contributed by atoms with E-state index in [1.54, 1.807) is 0 Å². The molecular weight excluding hydrogens is 442 g/mol. The Morgan fingerprint density at radius 3 is 2.57 bits per heavy atom. The summed E-state index contributed by atoms with van der Waals surface area (Å²) in [7, 11) is 0. The van der Waals surface area contributed by atoms with E-state index in [1.165, 1.54) is 0 Å². The molecule has 5 rings (SSSR count). The number of aromatic amines is 1. The van der Waals surface area contributed by atoms with Crippen molar-refractivity contribution in [3.05, 3.63) is 75.7 Å². The number of tetrazole rings is 1. The summed E-state index contributed by atoms with van der Waals surface area (Å²) in [6.07, 6.45) is 3.64. The van der Waals surface area contributed by atoms with Gasteiger partial charge in [-0.3, -0.25) is 14.9 Å². The van der Waals surface area contributed by atoms with Crippen LogP contribution in [-0.4, -0.2) is 36.1 Å².